The number of carbonyl (C=O) groups is 2. The summed E-state index contributed by atoms with van der Waals surface area (Å²) in [7, 11) is 0. The van der Waals surface area contributed by atoms with Crippen LogP contribution >= 0.6 is 0 Å². The number of rotatable bonds is 3. The lowest BCUT2D eigenvalue weighted by Gasteiger charge is -2.35. The standard InChI is InChI=1S/C15H18N2O3/c1-11-15(19)17(10-7-14(18)16-8-4-9-16)12-5-2-3-6-13(12)20-11/h2-3,5-6,11H,4,7-10H2,1H3. The van der Waals surface area contributed by atoms with Crippen molar-refractivity contribution >= 4 is 17.5 Å². The van der Waals surface area contributed by atoms with Crippen LogP contribution in [-0.4, -0.2) is 42.5 Å². The van der Waals surface area contributed by atoms with Gasteiger partial charge in [0.05, 0.1) is 5.69 Å². The Kier molecular flexibility index (Phi) is 3.34. The Morgan fingerprint density at radius 2 is 2.10 bits per heavy atom. The van der Waals surface area contributed by atoms with Gasteiger partial charge in [0, 0.05) is 26.1 Å². The molecule has 0 aromatic heterocycles. The third-order valence-corrected chi connectivity index (χ3v) is 3.83. The van der Waals surface area contributed by atoms with Crippen LogP contribution in [0.5, 0.6) is 5.75 Å². The van der Waals surface area contributed by atoms with E-state index in [0.717, 1.165) is 25.2 Å². The fourth-order valence-electron chi connectivity index (χ4n) is 2.52. The van der Waals surface area contributed by atoms with Crippen molar-refractivity contribution in [2.75, 3.05) is 24.5 Å². The Morgan fingerprint density at radius 3 is 2.80 bits per heavy atom. The first kappa shape index (κ1) is 13.0. The minimum Gasteiger partial charge on any atom is -0.479 e. The highest BCUT2D eigenvalue weighted by Crippen LogP contribution is 2.33. The summed E-state index contributed by atoms with van der Waals surface area (Å²) < 4.78 is 5.57. The van der Waals surface area contributed by atoms with E-state index in [2.05, 4.69) is 0 Å². The highest BCUT2D eigenvalue weighted by Gasteiger charge is 2.32. The van der Waals surface area contributed by atoms with Crippen LogP contribution in [0.2, 0.25) is 0 Å². The molecule has 1 atom stereocenters. The van der Waals surface area contributed by atoms with Gasteiger partial charge < -0.3 is 14.5 Å². The van der Waals surface area contributed by atoms with Crippen molar-refractivity contribution in [1.82, 2.24) is 4.90 Å². The number of hydrogen-bond acceptors (Lipinski definition) is 3. The van der Waals surface area contributed by atoms with E-state index in [4.69, 9.17) is 4.74 Å². The zero-order valence-corrected chi connectivity index (χ0v) is 11.5. The molecule has 0 saturated carbocycles. The molecule has 0 radical (unpaired) electrons. The number of fused-ring (bicyclic) bond motifs is 1. The monoisotopic (exact) mass is 274 g/mol. The van der Waals surface area contributed by atoms with E-state index in [1.54, 1.807) is 11.8 Å². The van der Waals surface area contributed by atoms with Crippen LogP contribution in [0.4, 0.5) is 5.69 Å². The number of nitrogens with zero attached hydrogens (tertiary/aromatic N) is 2. The van der Waals surface area contributed by atoms with E-state index in [1.807, 2.05) is 29.2 Å². The molecule has 1 aromatic rings. The number of ether oxygens (including phenoxy) is 1. The molecule has 1 saturated heterocycles. The smallest absolute Gasteiger partial charge is 0.267 e. The van der Waals surface area contributed by atoms with Crippen molar-refractivity contribution in [1.29, 1.82) is 0 Å². The minimum atomic E-state index is -0.496. The first-order valence-corrected chi connectivity index (χ1v) is 7.01. The number of anilines is 1. The topological polar surface area (TPSA) is 49.9 Å². The second-order valence-electron chi connectivity index (χ2n) is 5.20. The number of para-hydroxylation sites is 2. The van der Waals surface area contributed by atoms with Crippen molar-refractivity contribution in [3.63, 3.8) is 0 Å². The van der Waals surface area contributed by atoms with Crippen molar-refractivity contribution < 1.29 is 14.3 Å². The third-order valence-electron chi connectivity index (χ3n) is 3.83. The molecule has 2 heterocycles. The summed E-state index contributed by atoms with van der Waals surface area (Å²) in [6.07, 6.45) is 0.957. The SMILES string of the molecule is CC1Oc2ccccc2N(CCC(=O)N2CCC2)C1=O. The van der Waals surface area contributed by atoms with Crippen molar-refractivity contribution in [3.05, 3.63) is 24.3 Å². The summed E-state index contributed by atoms with van der Waals surface area (Å²) in [6, 6.07) is 7.45. The molecule has 2 aliphatic rings. The fourth-order valence-corrected chi connectivity index (χ4v) is 2.52. The van der Waals surface area contributed by atoms with Gasteiger partial charge in [0.2, 0.25) is 5.91 Å². The molecule has 106 valence electrons. The summed E-state index contributed by atoms with van der Waals surface area (Å²) in [6.45, 7) is 3.85. The average molecular weight is 274 g/mol. The first-order valence-electron chi connectivity index (χ1n) is 7.01. The molecule has 0 aliphatic carbocycles. The molecule has 2 aliphatic heterocycles. The van der Waals surface area contributed by atoms with Crippen LogP contribution < -0.4 is 9.64 Å². The Hall–Kier alpha value is -2.04. The zero-order valence-electron chi connectivity index (χ0n) is 11.5. The van der Waals surface area contributed by atoms with Crippen molar-refractivity contribution in [3.8, 4) is 5.75 Å². The van der Waals surface area contributed by atoms with Crippen LogP contribution in [0.3, 0.4) is 0 Å². The minimum absolute atomic E-state index is 0.0832. The maximum Gasteiger partial charge on any atom is 0.267 e. The molecule has 1 aromatic carbocycles. The predicted octanol–water partition coefficient (Wildman–Crippen LogP) is 1.42. The molecule has 5 heteroatoms. The third kappa shape index (κ3) is 2.24. The quantitative estimate of drug-likeness (QED) is 0.837. The second kappa shape index (κ2) is 5.15. The van der Waals surface area contributed by atoms with Gasteiger partial charge in [0.1, 0.15) is 5.75 Å². The fraction of sp³-hybridized carbons (Fsp3) is 0.467. The highest BCUT2D eigenvalue weighted by molar-refractivity contribution is 6.00. The number of amides is 2. The molecule has 5 nitrogen and oxygen atoms in total. The summed E-state index contributed by atoms with van der Waals surface area (Å²) in [4.78, 5) is 27.7. The van der Waals surface area contributed by atoms with Crippen LogP contribution in [0.1, 0.15) is 19.8 Å². The first-order chi connectivity index (χ1) is 9.66. The number of hydrogen-bond donors (Lipinski definition) is 0. The number of likely N-dealkylation sites (tertiary alicyclic amines) is 1. The van der Waals surface area contributed by atoms with Gasteiger partial charge in [-0.2, -0.15) is 0 Å². The zero-order chi connectivity index (χ0) is 14.1. The Morgan fingerprint density at radius 1 is 1.35 bits per heavy atom. The largest absolute Gasteiger partial charge is 0.479 e. The van der Waals surface area contributed by atoms with E-state index in [0.29, 0.717) is 18.7 Å². The molecule has 0 N–H and O–H groups in total. The molecule has 1 unspecified atom stereocenters. The van der Waals surface area contributed by atoms with Crippen molar-refractivity contribution in [2.45, 2.75) is 25.9 Å². The normalized spacial score (nSPS) is 21.1. The highest BCUT2D eigenvalue weighted by atomic mass is 16.5. The summed E-state index contributed by atoms with van der Waals surface area (Å²) in [5.41, 5.74) is 0.756. The van der Waals surface area contributed by atoms with Crippen molar-refractivity contribution in [2.24, 2.45) is 0 Å². The van der Waals surface area contributed by atoms with E-state index in [9.17, 15) is 9.59 Å². The number of carbonyl (C=O) groups excluding carboxylic acids is 2. The van der Waals surface area contributed by atoms with Crippen LogP contribution in [-0.2, 0) is 9.59 Å². The molecule has 0 spiro atoms. The molecule has 0 bridgehead atoms. The summed E-state index contributed by atoms with van der Waals surface area (Å²) >= 11 is 0. The maximum atomic E-state index is 12.2. The molecule has 2 amide bonds. The van der Waals surface area contributed by atoms with Gasteiger partial charge in [-0.3, -0.25) is 9.59 Å². The predicted molar refractivity (Wildman–Crippen MR) is 74.7 cm³/mol. The second-order valence-corrected chi connectivity index (χ2v) is 5.20. The molecule has 20 heavy (non-hydrogen) atoms. The lowest BCUT2D eigenvalue weighted by molar-refractivity contribution is -0.134. The molecule has 1 fully saturated rings. The van der Waals surface area contributed by atoms with E-state index in [-0.39, 0.29) is 11.8 Å². The Bertz CT molecular complexity index is 540. The van der Waals surface area contributed by atoms with Gasteiger partial charge >= 0.3 is 0 Å². The van der Waals surface area contributed by atoms with Gasteiger partial charge in [-0.25, -0.2) is 0 Å². The van der Waals surface area contributed by atoms with Gasteiger partial charge in [0.15, 0.2) is 6.10 Å². The average Bonchev–Trinajstić information content (AvgIpc) is 2.37. The molecular formula is C15H18N2O3. The lowest BCUT2D eigenvalue weighted by atomic mass is 10.1. The maximum absolute atomic E-state index is 12.2. The summed E-state index contributed by atoms with van der Waals surface area (Å²) in [5.74, 6) is 0.747. The van der Waals surface area contributed by atoms with Gasteiger partial charge in [-0.15, -0.1) is 0 Å². The van der Waals surface area contributed by atoms with Gasteiger partial charge in [0.25, 0.3) is 5.91 Å². The van der Waals surface area contributed by atoms with Gasteiger partial charge in [-0.05, 0) is 25.5 Å². The summed E-state index contributed by atoms with van der Waals surface area (Å²) in [5, 5.41) is 0. The number of benzene rings is 1. The lowest BCUT2D eigenvalue weighted by Crippen LogP contribution is -2.47. The Labute approximate surface area is 118 Å². The van der Waals surface area contributed by atoms with E-state index >= 15 is 0 Å². The molecular weight excluding hydrogens is 256 g/mol. The van der Waals surface area contributed by atoms with Crippen LogP contribution in [0.15, 0.2) is 24.3 Å². The van der Waals surface area contributed by atoms with E-state index in [1.165, 1.54) is 0 Å². The van der Waals surface area contributed by atoms with Crippen LogP contribution in [0.25, 0.3) is 0 Å². The van der Waals surface area contributed by atoms with E-state index < -0.39 is 6.10 Å². The molecule has 3 rings (SSSR count). The Balaban J connectivity index is 1.73. The van der Waals surface area contributed by atoms with Gasteiger partial charge in [-0.1, -0.05) is 12.1 Å². The van der Waals surface area contributed by atoms with Crippen LogP contribution in [0, 0.1) is 0 Å².